The lowest BCUT2D eigenvalue weighted by molar-refractivity contribution is 0.0140. The molecule has 2 heterocycles. The summed E-state index contributed by atoms with van der Waals surface area (Å²) in [5, 5.41) is 3.34. The van der Waals surface area contributed by atoms with E-state index in [0.717, 1.165) is 14.8 Å². The van der Waals surface area contributed by atoms with Crippen LogP contribution in [0.25, 0.3) is 0 Å². The number of hydrogen-bond donors (Lipinski definition) is 1. The summed E-state index contributed by atoms with van der Waals surface area (Å²) in [5.41, 5.74) is 1.43. The van der Waals surface area contributed by atoms with Crippen LogP contribution >= 0.6 is 23.1 Å². The van der Waals surface area contributed by atoms with Crippen LogP contribution in [0.1, 0.15) is 41.5 Å². The molecule has 10 nitrogen and oxygen atoms in total. The van der Waals surface area contributed by atoms with E-state index in [2.05, 4.69) is 10.3 Å². The molecule has 2 aromatic carbocycles. The third kappa shape index (κ3) is 7.92. The van der Waals surface area contributed by atoms with Crippen molar-refractivity contribution < 1.29 is 23.9 Å². The fourth-order valence-electron chi connectivity index (χ4n) is 4.07. The first kappa shape index (κ1) is 30.2. The number of benzene rings is 2. The number of hydrogen-bond acceptors (Lipinski definition) is 9. The number of aromatic nitrogens is 1. The van der Waals surface area contributed by atoms with Crippen molar-refractivity contribution in [1.29, 1.82) is 0 Å². The normalized spacial score (nSPS) is 13.5. The van der Waals surface area contributed by atoms with Gasteiger partial charge in [-0.3, -0.25) is 14.9 Å². The van der Waals surface area contributed by atoms with Crippen LogP contribution in [0.5, 0.6) is 5.75 Å². The van der Waals surface area contributed by atoms with E-state index in [0.29, 0.717) is 48.2 Å². The van der Waals surface area contributed by atoms with Gasteiger partial charge in [-0.15, -0.1) is 0 Å². The number of carbonyl (C=O) groups excluding carboxylic acids is 3. The molecule has 3 amide bonds. The first-order valence-corrected chi connectivity index (χ1v) is 14.7. The summed E-state index contributed by atoms with van der Waals surface area (Å²) in [6.45, 7) is 7.07. The number of carbonyl (C=O) groups is 3. The maximum Gasteiger partial charge on any atom is 0.410 e. The molecule has 41 heavy (non-hydrogen) atoms. The van der Waals surface area contributed by atoms with Gasteiger partial charge < -0.3 is 24.2 Å². The van der Waals surface area contributed by atoms with E-state index in [9.17, 15) is 14.4 Å². The third-order valence-electron chi connectivity index (χ3n) is 6.19. The van der Waals surface area contributed by atoms with Crippen molar-refractivity contribution in [2.75, 3.05) is 57.6 Å². The van der Waals surface area contributed by atoms with Crippen molar-refractivity contribution >= 4 is 51.8 Å². The molecule has 0 unspecified atom stereocenters. The molecule has 1 aromatic heterocycles. The van der Waals surface area contributed by atoms with Crippen LogP contribution < -0.4 is 15.0 Å². The molecule has 3 aromatic rings. The van der Waals surface area contributed by atoms with Gasteiger partial charge in [0.1, 0.15) is 11.4 Å². The molecule has 1 aliphatic heterocycles. The van der Waals surface area contributed by atoms with Gasteiger partial charge in [0.05, 0.1) is 23.1 Å². The largest absolute Gasteiger partial charge is 0.496 e. The van der Waals surface area contributed by atoms with Crippen LogP contribution in [-0.2, 0) is 4.74 Å². The second-order valence-corrected chi connectivity index (χ2v) is 13.0. The molecule has 218 valence electrons. The number of piperazine rings is 1. The average Bonchev–Trinajstić information content (AvgIpc) is 3.38. The molecule has 1 N–H and O–H groups in total. The van der Waals surface area contributed by atoms with E-state index >= 15 is 0 Å². The van der Waals surface area contributed by atoms with Gasteiger partial charge in [-0.05, 0) is 63.2 Å². The molecule has 1 saturated heterocycles. The van der Waals surface area contributed by atoms with Crippen LogP contribution in [0.4, 0.5) is 15.6 Å². The molecule has 1 fully saturated rings. The zero-order chi connectivity index (χ0) is 29.7. The van der Waals surface area contributed by atoms with Gasteiger partial charge >= 0.3 is 6.09 Å². The highest BCUT2D eigenvalue weighted by Crippen LogP contribution is 2.36. The molecular formula is C29H35N5O5S2. The predicted molar refractivity (Wildman–Crippen MR) is 162 cm³/mol. The highest BCUT2D eigenvalue weighted by molar-refractivity contribution is 8.01. The highest BCUT2D eigenvalue weighted by Gasteiger charge is 2.29. The predicted octanol–water partition coefficient (Wildman–Crippen LogP) is 5.31. The van der Waals surface area contributed by atoms with Crippen molar-refractivity contribution in [2.45, 2.75) is 35.5 Å². The molecule has 0 radical (unpaired) electrons. The van der Waals surface area contributed by atoms with Crippen LogP contribution in [0.3, 0.4) is 0 Å². The van der Waals surface area contributed by atoms with E-state index in [1.807, 2.05) is 58.0 Å². The van der Waals surface area contributed by atoms with Gasteiger partial charge in [-0.25, -0.2) is 9.78 Å². The molecule has 1 aliphatic rings. The second-order valence-electron chi connectivity index (χ2n) is 10.6. The SMILES string of the molecule is COc1ccc(Sc2cnc(NC(=O)c3ccc(N(C)C)cc3)s2)cc1C(=O)N1CCN(C(=O)OC(C)(C)C)CC1. The topological polar surface area (TPSA) is 104 Å². The number of nitrogens with zero attached hydrogens (tertiary/aromatic N) is 4. The Morgan fingerprint density at radius 1 is 1.00 bits per heavy atom. The molecule has 12 heteroatoms. The van der Waals surface area contributed by atoms with Crippen LogP contribution in [-0.4, -0.2) is 85.7 Å². The number of rotatable bonds is 7. The summed E-state index contributed by atoms with van der Waals surface area (Å²) < 4.78 is 11.8. The van der Waals surface area contributed by atoms with Crippen LogP contribution in [0.15, 0.2) is 57.8 Å². The zero-order valence-electron chi connectivity index (χ0n) is 24.1. The number of amides is 3. The Bertz CT molecular complexity index is 1390. The molecule has 0 spiro atoms. The standard InChI is InChI=1S/C29H35N5O5S2/c1-29(2,3)39-28(37)34-15-13-33(14-16-34)26(36)22-17-21(11-12-23(22)38-6)40-24-18-30-27(41-24)31-25(35)19-7-9-20(10-8-19)32(4)5/h7-12,17-18H,13-16H2,1-6H3,(H,30,31,35). The van der Waals surface area contributed by atoms with Gasteiger partial charge in [0.2, 0.25) is 0 Å². The van der Waals surface area contributed by atoms with E-state index in [1.54, 1.807) is 40.3 Å². The summed E-state index contributed by atoms with van der Waals surface area (Å²) in [6, 6.07) is 12.8. The molecule has 0 atom stereocenters. The summed E-state index contributed by atoms with van der Waals surface area (Å²) in [6.07, 6.45) is 1.32. The molecular weight excluding hydrogens is 562 g/mol. The maximum atomic E-state index is 13.4. The first-order chi connectivity index (χ1) is 19.4. The number of methoxy groups -OCH3 is 1. The van der Waals surface area contributed by atoms with Crippen LogP contribution in [0, 0.1) is 0 Å². The highest BCUT2D eigenvalue weighted by atomic mass is 32.2. The van der Waals surface area contributed by atoms with E-state index < -0.39 is 5.60 Å². The first-order valence-electron chi connectivity index (χ1n) is 13.1. The molecule has 0 saturated carbocycles. The molecule has 0 aliphatic carbocycles. The van der Waals surface area contributed by atoms with E-state index in [4.69, 9.17) is 9.47 Å². The van der Waals surface area contributed by atoms with Gasteiger partial charge in [-0.1, -0.05) is 23.1 Å². The quantitative estimate of drug-likeness (QED) is 0.391. The van der Waals surface area contributed by atoms with Crippen molar-refractivity contribution in [3.8, 4) is 5.75 Å². The van der Waals surface area contributed by atoms with Crippen molar-refractivity contribution in [3.05, 3.63) is 59.8 Å². The minimum absolute atomic E-state index is 0.161. The van der Waals surface area contributed by atoms with Gasteiger partial charge in [0.15, 0.2) is 5.13 Å². The Kier molecular flexibility index (Phi) is 9.44. The minimum Gasteiger partial charge on any atom is -0.496 e. The summed E-state index contributed by atoms with van der Waals surface area (Å²) in [7, 11) is 5.42. The Morgan fingerprint density at radius 3 is 2.27 bits per heavy atom. The van der Waals surface area contributed by atoms with Gasteiger partial charge in [0, 0.05) is 56.4 Å². The number of thiazole rings is 1. The monoisotopic (exact) mass is 597 g/mol. The molecule has 4 rings (SSSR count). The Hall–Kier alpha value is -3.77. The zero-order valence-corrected chi connectivity index (χ0v) is 25.7. The van der Waals surface area contributed by atoms with Crippen molar-refractivity contribution in [3.63, 3.8) is 0 Å². The van der Waals surface area contributed by atoms with Crippen molar-refractivity contribution in [2.24, 2.45) is 0 Å². The number of ether oxygens (including phenoxy) is 2. The lowest BCUT2D eigenvalue weighted by atomic mass is 10.1. The second kappa shape index (κ2) is 12.8. The number of nitrogens with one attached hydrogen (secondary N) is 1. The Morgan fingerprint density at radius 2 is 1.66 bits per heavy atom. The maximum absolute atomic E-state index is 13.4. The lowest BCUT2D eigenvalue weighted by Crippen LogP contribution is -2.51. The van der Waals surface area contributed by atoms with Crippen LogP contribution in [0.2, 0.25) is 0 Å². The van der Waals surface area contributed by atoms with Gasteiger partial charge in [0.25, 0.3) is 11.8 Å². The Balaban J connectivity index is 1.39. The Labute approximate surface area is 248 Å². The lowest BCUT2D eigenvalue weighted by Gasteiger charge is -2.35. The minimum atomic E-state index is -0.571. The summed E-state index contributed by atoms with van der Waals surface area (Å²) in [4.78, 5) is 49.0. The fraction of sp³-hybridized carbons (Fsp3) is 0.379. The smallest absolute Gasteiger partial charge is 0.410 e. The molecule has 0 bridgehead atoms. The summed E-state index contributed by atoms with van der Waals surface area (Å²) in [5.74, 6) is 0.0856. The van der Waals surface area contributed by atoms with Crippen molar-refractivity contribution in [1.82, 2.24) is 14.8 Å². The van der Waals surface area contributed by atoms with Gasteiger partial charge in [-0.2, -0.15) is 0 Å². The summed E-state index contributed by atoms with van der Waals surface area (Å²) >= 11 is 2.80. The number of anilines is 2. The van der Waals surface area contributed by atoms with E-state index in [1.165, 1.54) is 30.2 Å². The fourth-order valence-corrected chi connectivity index (χ4v) is 5.96. The third-order valence-corrected chi connectivity index (χ3v) is 8.19. The van der Waals surface area contributed by atoms with E-state index in [-0.39, 0.29) is 17.9 Å². The average molecular weight is 598 g/mol.